The third kappa shape index (κ3) is 7.16. The van der Waals surface area contributed by atoms with Crippen LogP contribution in [0.3, 0.4) is 0 Å². The Balaban J connectivity index is 1.57. The molecule has 1 heterocycles. The van der Waals surface area contributed by atoms with Crippen LogP contribution in [0.5, 0.6) is 0 Å². The zero-order valence-corrected chi connectivity index (χ0v) is 26.9. The van der Waals surface area contributed by atoms with Crippen LogP contribution in [-0.2, 0) is 36.8 Å². The summed E-state index contributed by atoms with van der Waals surface area (Å²) in [5.41, 5.74) is 1.86. The standard InChI is InChI=1S/C34H48N4O6/c1-8-12-24(28(39)30(41)35-15-9-2)36-29(40)27-25-23(34(25,6)7)18-38(27)31(42)26(37-32(43)44-19-33(3,4)5)22-16-20-13-10-11-14-21(20)17-22/h9-11,13-14,22-27H,2,8,12,15-19H2,1,3-7H3,(H,35,41)(H,36,40)(H,37,43)/t23-,24?,25-,26-,27-/m0/s1. The van der Waals surface area contributed by atoms with Gasteiger partial charge in [0.15, 0.2) is 0 Å². The molecule has 0 spiro atoms. The molecule has 2 aliphatic carbocycles. The van der Waals surface area contributed by atoms with Crippen molar-refractivity contribution in [1.82, 2.24) is 20.9 Å². The number of rotatable bonds is 12. The molecule has 1 aromatic rings. The average Bonchev–Trinajstić information content (AvgIpc) is 3.34. The second-order valence-corrected chi connectivity index (χ2v) is 14.3. The fourth-order valence-electron chi connectivity index (χ4n) is 6.88. The van der Waals surface area contributed by atoms with E-state index in [1.54, 1.807) is 4.90 Å². The van der Waals surface area contributed by atoms with Gasteiger partial charge in [-0.3, -0.25) is 19.2 Å². The molecule has 44 heavy (non-hydrogen) atoms. The van der Waals surface area contributed by atoms with Gasteiger partial charge in [-0.15, -0.1) is 6.58 Å². The van der Waals surface area contributed by atoms with Crippen molar-refractivity contribution in [1.29, 1.82) is 0 Å². The van der Waals surface area contributed by atoms with Gasteiger partial charge < -0.3 is 25.6 Å². The van der Waals surface area contributed by atoms with Crippen molar-refractivity contribution < 1.29 is 28.7 Å². The Labute approximate surface area is 260 Å². The zero-order valence-electron chi connectivity index (χ0n) is 26.9. The highest BCUT2D eigenvalue weighted by atomic mass is 16.5. The predicted molar refractivity (Wildman–Crippen MR) is 166 cm³/mol. The zero-order chi connectivity index (χ0) is 32.4. The Kier molecular flexibility index (Phi) is 9.90. The first-order chi connectivity index (χ1) is 20.7. The summed E-state index contributed by atoms with van der Waals surface area (Å²) < 4.78 is 5.50. The molecule has 1 saturated carbocycles. The van der Waals surface area contributed by atoms with Crippen LogP contribution in [0, 0.1) is 28.6 Å². The molecule has 0 aromatic heterocycles. The lowest BCUT2D eigenvalue weighted by Crippen LogP contribution is -2.59. The van der Waals surface area contributed by atoms with Crippen LogP contribution in [0.4, 0.5) is 4.79 Å². The van der Waals surface area contributed by atoms with Gasteiger partial charge in [0.2, 0.25) is 17.6 Å². The summed E-state index contributed by atoms with van der Waals surface area (Å²) in [5, 5.41) is 8.17. The number of likely N-dealkylation sites (tertiary alicyclic amines) is 1. The first kappa shape index (κ1) is 33.2. The van der Waals surface area contributed by atoms with E-state index >= 15 is 0 Å². The molecule has 1 aromatic carbocycles. The molecule has 4 amide bonds. The van der Waals surface area contributed by atoms with Gasteiger partial charge in [0.05, 0.1) is 12.6 Å². The summed E-state index contributed by atoms with van der Waals surface area (Å²) in [4.78, 5) is 68.4. The number of carbonyl (C=O) groups excluding carboxylic acids is 5. The molecule has 3 aliphatic rings. The Morgan fingerprint density at radius 2 is 1.73 bits per heavy atom. The Bertz CT molecular complexity index is 1280. The van der Waals surface area contributed by atoms with Crippen LogP contribution >= 0.6 is 0 Å². The van der Waals surface area contributed by atoms with E-state index in [-0.39, 0.29) is 54.1 Å². The molecule has 4 rings (SSSR count). The number of piperidine rings is 1. The number of fused-ring (bicyclic) bond motifs is 2. The maximum atomic E-state index is 14.4. The van der Waals surface area contributed by atoms with E-state index in [0.29, 0.717) is 25.8 Å². The molecule has 1 aliphatic heterocycles. The topological polar surface area (TPSA) is 134 Å². The van der Waals surface area contributed by atoms with Gasteiger partial charge in [0.1, 0.15) is 12.1 Å². The van der Waals surface area contributed by atoms with Gasteiger partial charge in [-0.25, -0.2) is 4.79 Å². The van der Waals surface area contributed by atoms with Crippen molar-refractivity contribution >= 4 is 29.6 Å². The molecule has 0 radical (unpaired) electrons. The summed E-state index contributed by atoms with van der Waals surface area (Å²) in [7, 11) is 0. The van der Waals surface area contributed by atoms with Crippen LogP contribution in [-0.4, -0.2) is 72.3 Å². The highest BCUT2D eigenvalue weighted by molar-refractivity contribution is 6.38. The largest absolute Gasteiger partial charge is 0.449 e. The number of nitrogens with zero attached hydrogens (tertiary/aromatic N) is 1. The normalized spacial score (nSPS) is 23.0. The van der Waals surface area contributed by atoms with E-state index in [9.17, 15) is 24.0 Å². The minimum absolute atomic E-state index is 0.104. The summed E-state index contributed by atoms with van der Waals surface area (Å²) >= 11 is 0. The van der Waals surface area contributed by atoms with E-state index in [1.807, 2.05) is 52.0 Å². The molecule has 1 saturated heterocycles. The molecule has 0 bridgehead atoms. The number of ketones is 1. The maximum absolute atomic E-state index is 14.4. The van der Waals surface area contributed by atoms with E-state index in [2.05, 4.69) is 36.4 Å². The molecule has 3 N–H and O–H groups in total. The Morgan fingerprint density at radius 3 is 2.30 bits per heavy atom. The monoisotopic (exact) mass is 608 g/mol. The number of hydrogen-bond donors (Lipinski definition) is 3. The molecular formula is C34H48N4O6. The summed E-state index contributed by atoms with van der Waals surface area (Å²) in [6.07, 6.45) is 2.89. The number of alkyl carbamates (subject to hydrolysis) is 1. The average molecular weight is 609 g/mol. The highest BCUT2D eigenvalue weighted by Crippen LogP contribution is 2.65. The van der Waals surface area contributed by atoms with E-state index < -0.39 is 41.8 Å². The quantitative estimate of drug-likeness (QED) is 0.247. The fraction of sp³-hybridized carbons (Fsp3) is 0.618. The van der Waals surface area contributed by atoms with Gasteiger partial charge in [-0.1, -0.05) is 78.3 Å². The number of hydrogen-bond acceptors (Lipinski definition) is 6. The maximum Gasteiger partial charge on any atom is 0.407 e. The number of benzene rings is 1. The minimum Gasteiger partial charge on any atom is -0.449 e. The molecule has 2 fully saturated rings. The SMILES string of the molecule is C=CCNC(=O)C(=O)C(CCC)NC(=O)[C@@H]1[C@@H]2[C@H](CN1C(=O)[C@@H](NC(=O)OCC(C)(C)C)C1Cc3ccccc3C1)C2(C)C. The van der Waals surface area contributed by atoms with Crippen molar-refractivity contribution in [2.45, 2.75) is 85.4 Å². The molecule has 240 valence electrons. The van der Waals surface area contributed by atoms with E-state index in [4.69, 9.17) is 4.74 Å². The smallest absolute Gasteiger partial charge is 0.407 e. The lowest BCUT2D eigenvalue weighted by molar-refractivity contribution is -0.144. The number of amides is 4. The third-order valence-electron chi connectivity index (χ3n) is 9.33. The second kappa shape index (κ2) is 13.1. The summed E-state index contributed by atoms with van der Waals surface area (Å²) in [6, 6.07) is 5.26. The number of Topliss-reactive ketones (excluding diaryl/α,β-unsaturated/α-hetero) is 1. The van der Waals surface area contributed by atoms with Crippen LogP contribution in [0.25, 0.3) is 0 Å². The van der Waals surface area contributed by atoms with Crippen LogP contribution in [0.15, 0.2) is 36.9 Å². The number of ether oxygens (including phenoxy) is 1. The van der Waals surface area contributed by atoms with Gasteiger partial charge in [-0.2, -0.15) is 0 Å². The number of carbonyl (C=O) groups is 5. The van der Waals surface area contributed by atoms with Crippen molar-refractivity contribution in [3.05, 3.63) is 48.0 Å². The Hall–Kier alpha value is -3.69. The third-order valence-corrected chi connectivity index (χ3v) is 9.33. The fourth-order valence-corrected chi connectivity index (χ4v) is 6.88. The Morgan fingerprint density at radius 1 is 1.09 bits per heavy atom. The van der Waals surface area contributed by atoms with Gasteiger partial charge in [0.25, 0.3) is 5.91 Å². The van der Waals surface area contributed by atoms with Crippen LogP contribution < -0.4 is 16.0 Å². The van der Waals surface area contributed by atoms with Crippen molar-refractivity contribution in [2.24, 2.45) is 28.6 Å². The molecule has 10 heteroatoms. The van der Waals surface area contributed by atoms with Crippen molar-refractivity contribution in [3.8, 4) is 0 Å². The van der Waals surface area contributed by atoms with E-state index in [1.165, 1.54) is 6.08 Å². The number of nitrogens with one attached hydrogen (secondary N) is 3. The highest BCUT2D eigenvalue weighted by Gasteiger charge is 2.69. The summed E-state index contributed by atoms with van der Waals surface area (Å²) in [6.45, 7) is 16.1. The van der Waals surface area contributed by atoms with Crippen LogP contribution in [0.1, 0.15) is 65.5 Å². The molecule has 10 nitrogen and oxygen atoms in total. The minimum atomic E-state index is -1.01. The van der Waals surface area contributed by atoms with Crippen LogP contribution in [0.2, 0.25) is 0 Å². The first-order valence-corrected chi connectivity index (χ1v) is 15.7. The second-order valence-electron chi connectivity index (χ2n) is 14.3. The van der Waals surface area contributed by atoms with E-state index in [0.717, 1.165) is 11.1 Å². The lowest BCUT2D eigenvalue weighted by Gasteiger charge is -2.35. The van der Waals surface area contributed by atoms with Gasteiger partial charge >= 0.3 is 6.09 Å². The molecule has 5 atom stereocenters. The predicted octanol–water partition coefficient (Wildman–Crippen LogP) is 3.18. The van der Waals surface area contributed by atoms with Gasteiger partial charge in [0, 0.05) is 13.1 Å². The molecule has 1 unspecified atom stereocenters. The van der Waals surface area contributed by atoms with Crippen molar-refractivity contribution in [2.75, 3.05) is 19.7 Å². The lowest BCUT2D eigenvalue weighted by atomic mass is 9.93. The van der Waals surface area contributed by atoms with Gasteiger partial charge in [-0.05, 0) is 59.0 Å². The van der Waals surface area contributed by atoms with Crippen molar-refractivity contribution in [3.63, 3.8) is 0 Å². The summed E-state index contributed by atoms with van der Waals surface area (Å²) in [5.74, 6) is -2.51. The first-order valence-electron chi connectivity index (χ1n) is 15.7. The molecular weight excluding hydrogens is 560 g/mol.